The number of carbonyl (C=O) groups is 3. The fourth-order valence-corrected chi connectivity index (χ4v) is 7.49. The first kappa shape index (κ1) is 32.9. The van der Waals surface area contributed by atoms with E-state index in [0.29, 0.717) is 41.8 Å². The molecule has 4 heterocycles. The van der Waals surface area contributed by atoms with E-state index in [9.17, 15) is 19.2 Å². The molecule has 3 fully saturated rings. The summed E-state index contributed by atoms with van der Waals surface area (Å²) in [5.74, 6) is 0.0479. The highest BCUT2D eigenvalue weighted by Gasteiger charge is 2.36. The molecule has 0 aliphatic carbocycles. The molecule has 4 amide bonds. The Labute approximate surface area is 282 Å². The van der Waals surface area contributed by atoms with Crippen LogP contribution in [0, 0.1) is 0 Å². The standard InChI is InChI=1S/C34H41BrN8O4/c1-34(38-28-19-36-40(3)32(46)30(28)35)18-26(21-39(2)22-34)24-7-9-25(10-8-24)31(45)42-15-13-41(14-16-42)20-23-5-4-6-27(17-23)43-12-11-29(44)37-33(43)47/h4-10,17,19,26,38H,11-16,18,20-22H2,1-3H3,(H,37,44,47)/t26-,34-/m0/s1. The monoisotopic (exact) mass is 704 g/mol. The number of benzene rings is 2. The zero-order valence-corrected chi connectivity index (χ0v) is 28.6. The minimum atomic E-state index is -0.386. The number of aryl methyl sites for hydroxylation is 1. The van der Waals surface area contributed by atoms with Gasteiger partial charge in [0.05, 0.1) is 11.9 Å². The van der Waals surface area contributed by atoms with Gasteiger partial charge in [0, 0.05) is 82.6 Å². The number of urea groups is 1. The molecule has 3 aliphatic rings. The Kier molecular flexibility index (Phi) is 9.49. The van der Waals surface area contributed by atoms with Crippen LogP contribution in [0.3, 0.4) is 0 Å². The van der Waals surface area contributed by atoms with Crippen molar-refractivity contribution < 1.29 is 14.4 Å². The van der Waals surface area contributed by atoms with Gasteiger partial charge in [-0.05, 0) is 77.6 Å². The largest absolute Gasteiger partial charge is 0.376 e. The lowest BCUT2D eigenvalue weighted by Crippen LogP contribution is -2.52. The Balaban J connectivity index is 1.04. The number of hydrogen-bond acceptors (Lipinski definition) is 8. The molecule has 0 unspecified atom stereocenters. The van der Waals surface area contributed by atoms with Crippen LogP contribution in [0.2, 0.25) is 0 Å². The van der Waals surface area contributed by atoms with Crippen LogP contribution >= 0.6 is 15.9 Å². The first-order chi connectivity index (χ1) is 22.5. The molecule has 0 radical (unpaired) electrons. The van der Waals surface area contributed by atoms with Crippen molar-refractivity contribution in [2.24, 2.45) is 7.05 Å². The normalized spacial score (nSPS) is 22.7. The molecule has 0 spiro atoms. The second kappa shape index (κ2) is 13.6. The number of amides is 4. The number of hydrogen-bond donors (Lipinski definition) is 2. The van der Waals surface area contributed by atoms with Gasteiger partial charge in [0.25, 0.3) is 11.5 Å². The first-order valence-electron chi connectivity index (χ1n) is 16.0. The van der Waals surface area contributed by atoms with Gasteiger partial charge >= 0.3 is 6.03 Å². The van der Waals surface area contributed by atoms with Gasteiger partial charge in [-0.2, -0.15) is 5.10 Å². The topological polar surface area (TPSA) is 123 Å². The molecule has 12 nitrogen and oxygen atoms in total. The minimum Gasteiger partial charge on any atom is -0.376 e. The SMILES string of the molecule is CN1C[C@@H](c2ccc(C(=O)N3CCN(Cc4cccc(N5CCC(=O)NC5=O)c4)CC3)cc2)C[C@](C)(Nc2cnn(C)c(=O)c2Br)C1. The number of piperazine rings is 1. The molecule has 3 saturated heterocycles. The summed E-state index contributed by atoms with van der Waals surface area (Å²) < 4.78 is 1.78. The van der Waals surface area contributed by atoms with Crippen LogP contribution in [-0.2, 0) is 18.4 Å². The van der Waals surface area contributed by atoms with Crippen molar-refractivity contribution >= 4 is 45.2 Å². The molecular weight excluding hydrogens is 664 g/mol. The van der Waals surface area contributed by atoms with E-state index in [1.165, 1.54) is 10.2 Å². The van der Waals surface area contributed by atoms with Crippen molar-refractivity contribution in [3.63, 3.8) is 0 Å². The first-order valence-corrected chi connectivity index (χ1v) is 16.8. The van der Waals surface area contributed by atoms with E-state index >= 15 is 0 Å². The lowest BCUT2D eigenvalue weighted by atomic mass is 9.80. The highest BCUT2D eigenvalue weighted by atomic mass is 79.9. The molecule has 6 rings (SSSR count). The van der Waals surface area contributed by atoms with Gasteiger partial charge < -0.3 is 15.1 Å². The fraction of sp³-hybridized carbons (Fsp3) is 0.441. The third kappa shape index (κ3) is 7.42. The van der Waals surface area contributed by atoms with Crippen molar-refractivity contribution in [3.05, 3.63) is 86.2 Å². The molecule has 2 atom stereocenters. The third-order valence-corrected chi connectivity index (χ3v) is 10.1. The molecule has 2 aromatic carbocycles. The van der Waals surface area contributed by atoms with E-state index in [1.807, 2.05) is 41.3 Å². The summed E-state index contributed by atoms with van der Waals surface area (Å²) in [6.45, 7) is 7.77. The maximum absolute atomic E-state index is 13.5. The average molecular weight is 706 g/mol. The number of imide groups is 1. The van der Waals surface area contributed by atoms with Gasteiger partial charge in [-0.25, -0.2) is 9.48 Å². The van der Waals surface area contributed by atoms with Gasteiger partial charge in [-0.3, -0.25) is 29.5 Å². The Morgan fingerprint density at radius 2 is 1.79 bits per heavy atom. The van der Waals surface area contributed by atoms with Gasteiger partial charge in [-0.15, -0.1) is 0 Å². The van der Waals surface area contributed by atoms with E-state index in [0.717, 1.165) is 50.4 Å². The number of aromatic nitrogens is 2. The molecular formula is C34H41BrN8O4. The second-order valence-corrected chi connectivity index (χ2v) is 14.0. The minimum absolute atomic E-state index is 0.0409. The zero-order chi connectivity index (χ0) is 33.3. The number of anilines is 2. The van der Waals surface area contributed by atoms with Crippen LogP contribution in [0.4, 0.5) is 16.2 Å². The molecule has 0 saturated carbocycles. The molecule has 13 heteroatoms. The Bertz CT molecular complexity index is 1720. The van der Waals surface area contributed by atoms with Crippen molar-refractivity contribution in [3.8, 4) is 0 Å². The van der Waals surface area contributed by atoms with E-state index in [2.05, 4.69) is 67.6 Å². The van der Waals surface area contributed by atoms with Crippen LogP contribution in [0.5, 0.6) is 0 Å². The number of carbonyl (C=O) groups excluding carboxylic acids is 3. The lowest BCUT2D eigenvalue weighted by molar-refractivity contribution is -0.120. The predicted molar refractivity (Wildman–Crippen MR) is 184 cm³/mol. The zero-order valence-electron chi connectivity index (χ0n) is 27.0. The van der Waals surface area contributed by atoms with Crippen LogP contribution in [0.15, 0.2) is 64.0 Å². The van der Waals surface area contributed by atoms with Gasteiger partial charge in [0.1, 0.15) is 4.47 Å². The van der Waals surface area contributed by atoms with Crippen molar-refractivity contribution in [1.82, 2.24) is 29.8 Å². The number of likely N-dealkylation sites (N-methyl/N-ethyl adjacent to an activating group) is 1. The summed E-state index contributed by atoms with van der Waals surface area (Å²) in [6, 6.07) is 15.5. The second-order valence-electron chi connectivity index (χ2n) is 13.2. The predicted octanol–water partition coefficient (Wildman–Crippen LogP) is 3.24. The van der Waals surface area contributed by atoms with E-state index < -0.39 is 0 Å². The smallest absolute Gasteiger partial charge is 0.328 e. The van der Waals surface area contributed by atoms with Gasteiger partial charge in [-0.1, -0.05) is 24.3 Å². The highest BCUT2D eigenvalue weighted by molar-refractivity contribution is 9.10. The average Bonchev–Trinajstić information content (AvgIpc) is 3.05. The number of nitrogens with zero attached hydrogens (tertiary/aromatic N) is 6. The number of rotatable bonds is 7. The molecule has 0 bridgehead atoms. The van der Waals surface area contributed by atoms with Crippen LogP contribution in [0.25, 0.3) is 0 Å². The molecule has 3 aliphatic heterocycles. The van der Waals surface area contributed by atoms with E-state index in [4.69, 9.17) is 0 Å². The van der Waals surface area contributed by atoms with E-state index in [1.54, 1.807) is 18.1 Å². The summed E-state index contributed by atoms with van der Waals surface area (Å²) >= 11 is 3.44. The molecule has 1 aromatic heterocycles. The summed E-state index contributed by atoms with van der Waals surface area (Å²) in [4.78, 5) is 57.8. The van der Waals surface area contributed by atoms with Gasteiger partial charge in [0.15, 0.2) is 0 Å². The maximum atomic E-state index is 13.5. The fourth-order valence-electron chi connectivity index (χ4n) is 7.03. The third-order valence-electron chi connectivity index (χ3n) is 9.33. The van der Waals surface area contributed by atoms with E-state index in [-0.39, 0.29) is 34.9 Å². The quantitative estimate of drug-likeness (QED) is 0.385. The maximum Gasteiger partial charge on any atom is 0.328 e. The number of halogens is 1. The van der Waals surface area contributed by atoms with Gasteiger partial charge in [0.2, 0.25) is 5.91 Å². The Hall–Kier alpha value is -4.07. The van der Waals surface area contributed by atoms with Crippen LogP contribution < -0.4 is 21.1 Å². The summed E-state index contributed by atoms with van der Waals surface area (Å²) in [5, 5.41) is 10.1. The van der Waals surface area contributed by atoms with Crippen molar-refractivity contribution in [2.45, 2.75) is 37.8 Å². The number of likely N-dealkylation sites (tertiary alicyclic amines) is 1. The summed E-state index contributed by atoms with van der Waals surface area (Å²) in [7, 11) is 3.74. The summed E-state index contributed by atoms with van der Waals surface area (Å²) in [5.41, 5.74) is 3.95. The molecule has 2 N–H and O–H groups in total. The Morgan fingerprint density at radius 1 is 1.04 bits per heavy atom. The molecule has 248 valence electrons. The Morgan fingerprint density at radius 3 is 2.51 bits per heavy atom. The van der Waals surface area contributed by atoms with Crippen LogP contribution in [0.1, 0.15) is 47.2 Å². The molecule has 3 aromatic rings. The summed E-state index contributed by atoms with van der Waals surface area (Å²) in [6.07, 6.45) is 2.83. The molecule has 47 heavy (non-hydrogen) atoms. The number of nitrogens with one attached hydrogen (secondary N) is 2. The highest BCUT2D eigenvalue weighted by Crippen LogP contribution is 2.35. The van der Waals surface area contributed by atoms with Crippen LogP contribution in [-0.4, -0.2) is 101 Å². The number of piperidine rings is 1. The lowest BCUT2D eigenvalue weighted by Gasteiger charge is -2.44. The van der Waals surface area contributed by atoms with Crippen molar-refractivity contribution in [2.75, 3.05) is 63.1 Å². The van der Waals surface area contributed by atoms with Crippen molar-refractivity contribution in [1.29, 1.82) is 0 Å².